The fourth-order valence-corrected chi connectivity index (χ4v) is 4.24. The van der Waals surface area contributed by atoms with Crippen molar-refractivity contribution in [3.05, 3.63) is 34.1 Å². The molecular weight excluding hydrogens is 317 g/mol. The van der Waals surface area contributed by atoms with Crippen LogP contribution in [0, 0.1) is 16.6 Å². The molecule has 0 aliphatic heterocycles. The van der Waals surface area contributed by atoms with Crippen LogP contribution in [0.25, 0.3) is 0 Å². The van der Waals surface area contributed by atoms with Gasteiger partial charge in [-0.2, -0.15) is 0 Å². The smallest absolute Gasteiger partial charge is 0.128 e. The van der Waals surface area contributed by atoms with Gasteiger partial charge in [-0.1, -0.05) is 49.7 Å². The lowest BCUT2D eigenvalue weighted by atomic mass is 9.63. The predicted octanol–water partition coefficient (Wildman–Crippen LogP) is 5.28. The third-order valence-electron chi connectivity index (χ3n) is 4.15. The van der Waals surface area contributed by atoms with Crippen molar-refractivity contribution in [3.8, 4) is 0 Å². The summed E-state index contributed by atoms with van der Waals surface area (Å²) in [7, 11) is 0. The molecule has 1 saturated carbocycles. The van der Waals surface area contributed by atoms with E-state index in [9.17, 15) is 4.39 Å². The Labute approximate surface area is 130 Å². The Kier molecular flexibility index (Phi) is 4.60. The predicted molar refractivity (Wildman–Crippen MR) is 86.1 cm³/mol. The van der Waals surface area contributed by atoms with Crippen LogP contribution in [0.15, 0.2) is 22.7 Å². The molecule has 1 fully saturated rings. The summed E-state index contributed by atoms with van der Waals surface area (Å²) in [6.45, 7) is 9.95. The molecule has 1 aromatic carbocycles. The van der Waals surface area contributed by atoms with Crippen molar-refractivity contribution in [1.82, 2.24) is 5.32 Å². The summed E-state index contributed by atoms with van der Waals surface area (Å²) in [6.07, 6.45) is 3.58. The normalized spacial score (nSPS) is 21.9. The van der Waals surface area contributed by atoms with Gasteiger partial charge in [0, 0.05) is 22.6 Å². The molecule has 1 nitrogen and oxygen atoms in total. The molecule has 2 rings (SSSR count). The molecule has 0 saturated heterocycles. The molecule has 20 heavy (non-hydrogen) atoms. The average Bonchev–Trinajstić information content (AvgIpc) is 2.23. The number of benzene rings is 1. The fraction of sp³-hybridized carbons (Fsp3) is 0.647. The first-order chi connectivity index (χ1) is 9.17. The first-order valence-corrected chi connectivity index (χ1v) is 8.14. The van der Waals surface area contributed by atoms with Crippen LogP contribution in [0.1, 0.15) is 52.5 Å². The third kappa shape index (κ3) is 4.29. The van der Waals surface area contributed by atoms with Crippen molar-refractivity contribution in [3.63, 3.8) is 0 Å². The molecule has 1 aromatic rings. The second-order valence-electron chi connectivity index (χ2n) is 7.73. The van der Waals surface area contributed by atoms with Gasteiger partial charge < -0.3 is 5.32 Å². The van der Waals surface area contributed by atoms with Crippen LogP contribution in [-0.4, -0.2) is 6.04 Å². The maximum absolute atomic E-state index is 13.8. The highest BCUT2D eigenvalue weighted by atomic mass is 79.9. The van der Waals surface area contributed by atoms with Crippen molar-refractivity contribution < 1.29 is 4.39 Å². The monoisotopic (exact) mass is 341 g/mol. The minimum atomic E-state index is -0.138. The second kappa shape index (κ2) is 5.76. The zero-order valence-corrected chi connectivity index (χ0v) is 14.5. The van der Waals surface area contributed by atoms with E-state index in [1.807, 2.05) is 12.1 Å². The molecule has 0 heterocycles. The second-order valence-corrected chi connectivity index (χ2v) is 8.64. The maximum atomic E-state index is 13.8. The summed E-state index contributed by atoms with van der Waals surface area (Å²) in [6, 6.07) is 5.75. The van der Waals surface area contributed by atoms with Crippen LogP contribution in [-0.2, 0) is 6.54 Å². The average molecular weight is 342 g/mol. The highest BCUT2D eigenvalue weighted by molar-refractivity contribution is 9.10. The van der Waals surface area contributed by atoms with E-state index in [1.165, 1.54) is 12.5 Å². The Morgan fingerprint density at radius 3 is 2.35 bits per heavy atom. The Morgan fingerprint density at radius 2 is 1.80 bits per heavy atom. The Bertz CT molecular complexity index is 466. The van der Waals surface area contributed by atoms with Crippen LogP contribution in [0.4, 0.5) is 4.39 Å². The summed E-state index contributed by atoms with van der Waals surface area (Å²) in [5.74, 6) is -0.138. The van der Waals surface area contributed by atoms with Gasteiger partial charge in [0.15, 0.2) is 0 Å². The van der Waals surface area contributed by atoms with Crippen LogP contribution < -0.4 is 5.32 Å². The Balaban J connectivity index is 2.00. The van der Waals surface area contributed by atoms with E-state index >= 15 is 0 Å². The topological polar surface area (TPSA) is 12.0 Å². The molecule has 3 heteroatoms. The van der Waals surface area contributed by atoms with E-state index in [2.05, 4.69) is 48.9 Å². The number of hydrogen-bond donors (Lipinski definition) is 1. The van der Waals surface area contributed by atoms with Crippen molar-refractivity contribution in [1.29, 1.82) is 0 Å². The Morgan fingerprint density at radius 1 is 1.20 bits per heavy atom. The molecule has 0 unspecified atom stereocenters. The summed E-state index contributed by atoms with van der Waals surface area (Å²) in [5.41, 5.74) is 1.46. The van der Waals surface area contributed by atoms with Gasteiger partial charge in [0.2, 0.25) is 0 Å². The van der Waals surface area contributed by atoms with Gasteiger partial charge in [0.1, 0.15) is 5.82 Å². The summed E-state index contributed by atoms with van der Waals surface area (Å²) in [5, 5.41) is 3.55. The fourth-order valence-electron chi connectivity index (χ4n) is 3.91. The van der Waals surface area contributed by atoms with Gasteiger partial charge in [-0.3, -0.25) is 0 Å². The Hall–Kier alpha value is -0.410. The summed E-state index contributed by atoms with van der Waals surface area (Å²) >= 11 is 3.29. The highest BCUT2D eigenvalue weighted by Gasteiger charge is 2.38. The van der Waals surface area contributed by atoms with Crippen molar-refractivity contribution in [2.75, 3.05) is 0 Å². The van der Waals surface area contributed by atoms with Crippen LogP contribution in [0.3, 0.4) is 0 Å². The number of nitrogens with one attached hydrogen (secondary N) is 1. The van der Waals surface area contributed by atoms with E-state index in [1.54, 1.807) is 0 Å². The van der Waals surface area contributed by atoms with Gasteiger partial charge in [-0.05, 0) is 42.2 Å². The molecule has 1 N–H and O–H groups in total. The van der Waals surface area contributed by atoms with Crippen molar-refractivity contribution in [2.24, 2.45) is 10.8 Å². The standard InChI is InChI=1S/C17H25BrFN/c1-16(2)8-14(9-17(3,4)11-16)20-10-12-5-6-13(18)7-15(12)19/h5-7,14,20H,8-11H2,1-4H3. The number of hydrogen-bond acceptors (Lipinski definition) is 1. The lowest BCUT2D eigenvalue weighted by Crippen LogP contribution is -2.43. The first kappa shape index (κ1) is 16.0. The highest BCUT2D eigenvalue weighted by Crippen LogP contribution is 2.45. The van der Waals surface area contributed by atoms with Gasteiger partial charge in [-0.15, -0.1) is 0 Å². The minimum absolute atomic E-state index is 0.138. The summed E-state index contributed by atoms with van der Waals surface area (Å²) in [4.78, 5) is 0. The SMILES string of the molecule is CC1(C)CC(NCc2ccc(Br)cc2F)CC(C)(C)C1. The van der Waals surface area contributed by atoms with E-state index < -0.39 is 0 Å². The van der Waals surface area contributed by atoms with E-state index in [0.29, 0.717) is 23.4 Å². The quantitative estimate of drug-likeness (QED) is 0.788. The first-order valence-electron chi connectivity index (χ1n) is 7.34. The molecule has 112 valence electrons. The van der Waals surface area contributed by atoms with Crippen molar-refractivity contribution in [2.45, 2.75) is 59.5 Å². The van der Waals surface area contributed by atoms with E-state index in [4.69, 9.17) is 0 Å². The zero-order valence-electron chi connectivity index (χ0n) is 12.9. The van der Waals surface area contributed by atoms with Gasteiger partial charge >= 0.3 is 0 Å². The molecule has 0 atom stereocenters. The molecule has 1 aliphatic carbocycles. The van der Waals surface area contributed by atoms with E-state index in [-0.39, 0.29) is 5.82 Å². The van der Waals surface area contributed by atoms with Crippen LogP contribution in [0.2, 0.25) is 0 Å². The molecule has 0 amide bonds. The molecule has 0 bridgehead atoms. The van der Waals surface area contributed by atoms with Gasteiger partial charge in [-0.25, -0.2) is 4.39 Å². The maximum Gasteiger partial charge on any atom is 0.128 e. The van der Waals surface area contributed by atoms with Crippen molar-refractivity contribution >= 4 is 15.9 Å². The van der Waals surface area contributed by atoms with Gasteiger partial charge in [0.05, 0.1) is 0 Å². The lowest BCUT2D eigenvalue weighted by Gasteiger charge is -2.45. The minimum Gasteiger partial charge on any atom is -0.310 e. The van der Waals surface area contributed by atoms with Crippen LogP contribution in [0.5, 0.6) is 0 Å². The largest absolute Gasteiger partial charge is 0.310 e. The molecule has 0 spiro atoms. The molecular formula is C17H25BrFN. The molecule has 0 aromatic heterocycles. The third-order valence-corrected chi connectivity index (χ3v) is 4.64. The molecule has 1 aliphatic rings. The molecule has 0 radical (unpaired) electrons. The lowest BCUT2D eigenvalue weighted by molar-refractivity contribution is 0.0844. The van der Waals surface area contributed by atoms with Gasteiger partial charge in [0.25, 0.3) is 0 Å². The number of rotatable bonds is 3. The summed E-state index contributed by atoms with van der Waals surface area (Å²) < 4.78 is 14.6. The van der Waals surface area contributed by atoms with Crippen LogP contribution >= 0.6 is 15.9 Å². The zero-order chi connectivity index (χ0) is 15.0. The van der Waals surface area contributed by atoms with E-state index in [0.717, 1.165) is 22.9 Å². The number of halogens is 2.